The molecule has 0 fully saturated rings. The Labute approximate surface area is 170 Å². The van der Waals surface area contributed by atoms with Crippen molar-refractivity contribution in [1.82, 2.24) is 9.38 Å². The van der Waals surface area contributed by atoms with Crippen molar-refractivity contribution in [3.8, 4) is 5.75 Å². The molecule has 0 aliphatic rings. The van der Waals surface area contributed by atoms with Crippen LogP contribution in [0.3, 0.4) is 0 Å². The van der Waals surface area contributed by atoms with Crippen molar-refractivity contribution in [2.24, 2.45) is 0 Å². The first-order valence-corrected chi connectivity index (χ1v) is 6.51. The van der Waals surface area contributed by atoms with Gasteiger partial charge in [-0.15, -0.1) is 0 Å². The summed E-state index contributed by atoms with van der Waals surface area (Å²) >= 11 is 0. The van der Waals surface area contributed by atoms with Crippen molar-refractivity contribution in [2.75, 3.05) is 0 Å². The molecule has 0 bridgehead atoms. The molecule has 3 rings (SSSR count). The zero-order chi connectivity index (χ0) is 14.8. The Morgan fingerprint density at radius 1 is 1.32 bits per heavy atom. The van der Waals surface area contributed by atoms with Gasteiger partial charge < -0.3 is 19.0 Å². The number of aromatic nitrogens is 2. The van der Waals surface area contributed by atoms with Crippen molar-refractivity contribution in [3.63, 3.8) is 0 Å². The van der Waals surface area contributed by atoms with Gasteiger partial charge in [0.2, 0.25) is 0 Å². The van der Waals surface area contributed by atoms with E-state index in [2.05, 4.69) is 4.98 Å². The Bertz CT molecular complexity index is 800. The molecule has 0 unspecified atom stereocenters. The smallest absolute Gasteiger partial charge is 0.543 e. The molecule has 0 atom stereocenters. The van der Waals surface area contributed by atoms with Crippen LogP contribution in [-0.2, 0) is 6.61 Å². The first-order chi connectivity index (χ1) is 10.1. The standard InChI is InChI=1S/C16H14N2O3.K/c1-11-8-13-5-6-14(9-18(13)15(11)16(19)20)21-10-12-4-2-3-7-17-12;/h2-9H,10H2,1H3,(H,19,20);/q;+1/p-1. The molecule has 6 heteroatoms. The number of rotatable bonds is 4. The molecule has 0 aliphatic heterocycles. The Balaban J connectivity index is 0.00000176. The van der Waals surface area contributed by atoms with Crippen LogP contribution in [0.5, 0.6) is 5.75 Å². The van der Waals surface area contributed by atoms with E-state index in [1.807, 2.05) is 24.3 Å². The van der Waals surface area contributed by atoms with E-state index in [-0.39, 0.29) is 57.1 Å². The molecule has 0 aliphatic carbocycles. The third kappa shape index (κ3) is 3.59. The van der Waals surface area contributed by atoms with E-state index in [9.17, 15) is 9.90 Å². The van der Waals surface area contributed by atoms with Gasteiger partial charge in [-0.3, -0.25) is 4.98 Å². The zero-order valence-corrected chi connectivity index (χ0v) is 15.6. The van der Waals surface area contributed by atoms with Gasteiger partial charge in [0.25, 0.3) is 0 Å². The van der Waals surface area contributed by atoms with Crippen molar-refractivity contribution in [1.29, 1.82) is 0 Å². The number of carbonyl (C=O) groups excluding carboxylic acids is 1. The zero-order valence-electron chi connectivity index (χ0n) is 12.4. The van der Waals surface area contributed by atoms with Crippen LogP contribution in [0.1, 0.15) is 21.7 Å². The summed E-state index contributed by atoms with van der Waals surface area (Å²) in [5.41, 5.74) is 2.41. The Morgan fingerprint density at radius 3 is 2.82 bits per heavy atom. The topological polar surface area (TPSA) is 66.7 Å². The van der Waals surface area contributed by atoms with Crippen molar-refractivity contribution in [3.05, 3.63) is 65.7 Å². The number of aromatic carboxylic acids is 1. The van der Waals surface area contributed by atoms with Gasteiger partial charge in [0.1, 0.15) is 12.4 Å². The fraction of sp³-hybridized carbons (Fsp3) is 0.125. The van der Waals surface area contributed by atoms with Crippen LogP contribution in [0, 0.1) is 6.92 Å². The molecule has 0 saturated carbocycles. The van der Waals surface area contributed by atoms with Gasteiger partial charge in [0.15, 0.2) is 0 Å². The van der Waals surface area contributed by atoms with E-state index in [4.69, 9.17) is 4.74 Å². The summed E-state index contributed by atoms with van der Waals surface area (Å²) in [6.07, 6.45) is 3.35. The largest absolute Gasteiger partial charge is 1.00 e. The van der Waals surface area contributed by atoms with Crippen LogP contribution in [0.2, 0.25) is 0 Å². The maximum atomic E-state index is 11.2. The molecule has 3 aromatic heterocycles. The number of nitrogens with zero attached hydrogens (tertiary/aromatic N) is 2. The van der Waals surface area contributed by atoms with Crippen LogP contribution >= 0.6 is 0 Å². The van der Waals surface area contributed by atoms with Gasteiger partial charge in [-0.25, -0.2) is 0 Å². The molecular formula is C16H13KN2O3. The number of fused-ring (bicyclic) bond motifs is 1. The van der Waals surface area contributed by atoms with Gasteiger partial charge in [-0.05, 0) is 42.8 Å². The van der Waals surface area contributed by atoms with Gasteiger partial charge in [-0.1, -0.05) is 6.07 Å². The van der Waals surface area contributed by atoms with Gasteiger partial charge >= 0.3 is 51.4 Å². The second-order valence-electron chi connectivity index (χ2n) is 4.73. The first-order valence-electron chi connectivity index (χ1n) is 6.51. The molecule has 0 radical (unpaired) electrons. The molecule has 0 saturated heterocycles. The summed E-state index contributed by atoms with van der Waals surface area (Å²) in [7, 11) is 0. The van der Waals surface area contributed by atoms with E-state index in [1.165, 1.54) is 0 Å². The van der Waals surface area contributed by atoms with Gasteiger partial charge in [-0.2, -0.15) is 0 Å². The van der Waals surface area contributed by atoms with Crippen molar-refractivity contribution >= 4 is 11.5 Å². The van der Waals surface area contributed by atoms with Crippen LogP contribution in [0.15, 0.2) is 48.8 Å². The quantitative estimate of drug-likeness (QED) is 0.554. The third-order valence-corrected chi connectivity index (χ3v) is 3.24. The number of carboxylic acid groups (broad SMARTS) is 1. The van der Waals surface area contributed by atoms with Crippen LogP contribution in [0.4, 0.5) is 0 Å². The molecule has 3 heterocycles. The average molecular weight is 320 g/mol. The SMILES string of the molecule is Cc1cc2ccc(OCc3ccccn3)cn2c1C(=O)[O-].[K+]. The van der Waals surface area contributed by atoms with Crippen LogP contribution < -0.4 is 61.2 Å². The molecule has 0 spiro atoms. The maximum absolute atomic E-state index is 11.2. The molecule has 3 aromatic rings. The normalized spacial score (nSPS) is 10.2. The molecule has 22 heavy (non-hydrogen) atoms. The monoisotopic (exact) mass is 320 g/mol. The van der Waals surface area contributed by atoms with Crippen molar-refractivity contribution < 1.29 is 66.0 Å². The first kappa shape index (κ1) is 17.2. The number of hydrogen-bond acceptors (Lipinski definition) is 4. The predicted molar refractivity (Wildman–Crippen MR) is 75.0 cm³/mol. The number of hydrogen-bond donors (Lipinski definition) is 0. The number of carboxylic acids is 1. The van der Waals surface area contributed by atoms with E-state index >= 15 is 0 Å². The van der Waals surface area contributed by atoms with E-state index in [1.54, 1.807) is 35.9 Å². The molecule has 0 amide bonds. The molecule has 0 aromatic carbocycles. The second kappa shape index (κ2) is 7.39. The fourth-order valence-electron chi connectivity index (χ4n) is 2.27. The molecule has 106 valence electrons. The number of aryl methyl sites for hydroxylation is 1. The summed E-state index contributed by atoms with van der Waals surface area (Å²) in [5.74, 6) is -0.624. The Kier molecular flexibility index (Phi) is 5.77. The number of pyridine rings is 2. The summed E-state index contributed by atoms with van der Waals surface area (Å²) in [6.45, 7) is 2.07. The molecule has 5 nitrogen and oxygen atoms in total. The predicted octanol–water partition coefficient (Wildman–Crippen LogP) is -1.41. The summed E-state index contributed by atoms with van der Waals surface area (Å²) in [4.78, 5) is 15.4. The van der Waals surface area contributed by atoms with Gasteiger partial charge in [0.05, 0.1) is 23.6 Å². The minimum absolute atomic E-state index is 0. The van der Waals surface area contributed by atoms with E-state index in [0.29, 0.717) is 17.9 Å². The summed E-state index contributed by atoms with van der Waals surface area (Å²) in [6, 6.07) is 11.0. The maximum Gasteiger partial charge on any atom is 1.00 e. The fourth-order valence-corrected chi connectivity index (χ4v) is 2.27. The second-order valence-corrected chi connectivity index (χ2v) is 4.73. The minimum Gasteiger partial charge on any atom is -0.543 e. The summed E-state index contributed by atoms with van der Waals surface area (Å²) in [5, 5.41) is 11.2. The van der Waals surface area contributed by atoms with Gasteiger partial charge in [0, 0.05) is 11.7 Å². The minimum atomic E-state index is -1.20. The van der Waals surface area contributed by atoms with Crippen LogP contribution in [0.25, 0.3) is 5.52 Å². The summed E-state index contributed by atoms with van der Waals surface area (Å²) < 4.78 is 7.22. The average Bonchev–Trinajstić information content (AvgIpc) is 2.81. The third-order valence-electron chi connectivity index (χ3n) is 3.24. The Morgan fingerprint density at radius 2 is 2.14 bits per heavy atom. The molecular weight excluding hydrogens is 307 g/mol. The number of ether oxygens (including phenoxy) is 1. The Hall–Kier alpha value is -1.18. The molecule has 0 N–H and O–H groups in total. The van der Waals surface area contributed by atoms with Crippen molar-refractivity contribution in [2.45, 2.75) is 13.5 Å². The number of carbonyl (C=O) groups is 1. The van der Waals surface area contributed by atoms with E-state index in [0.717, 1.165) is 11.2 Å². The van der Waals surface area contributed by atoms with E-state index < -0.39 is 5.97 Å². The van der Waals surface area contributed by atoms with Crippen LogP contribution in [-0.4, -0.2) is 15.4 Å².